The number of piperidine rings is 1. The third-order valence-corrected chi connectivity index (χ3v) is 2.73. The molecule has 0 aromatic carbocycles. The van der Waals surface area contributed by atoms with E-state index < -0.39 is 0 Å². The van der Waals surface area contributed by atoms with E-state index in [0.29, 0.717) is 0 Å². The molecule has 0 atom stereocenters. The molecule has 1 saturated heterocycles. The Labute approximate surface area is 74.8 Å². The van der Waals surface area contributed by atoms with E-state index in [0.717, 1.165) is 0 Å². The van der Waals surface area contributed by atoms with Gasteiger partial charge in [0.1, 0.15) is 0 Å². The number of nitrogens with zero attached hydrogens (tertiary/aromatic N) is 2. The van der Waals surface area contributed by atoms with Crippen molar-refractivity contribution in [2.75, 3.05) is 19.6 Å². The normalized spacial score (nSPS) is 26.2. The summed E-state index contributed by atoms with van der Waals surface area (Å²) in [5.74, 6) is 0. The molecule has 0 bridgehead atoms. The van der Waals surface area contributed by atoms with Crippen molar-refractivity contribution in [3.63, 3.8) is 0 Å². The zero-order chi connectivity index (χ0) is 8.23. The van der Waals surface area contributed by atoms with Gasteiger partial charge in [-0.25, -0.2) is 5.01 Å². The van der Waals surface area contributed by atoms with Gasteiger partial charge in [0.25, 0.3) is 0 Å². The molecule has 2 heteroatoms. The van der Waals surface area contributed by atoms with Crippen molar-refractivity contribution in [2.24, 2.45) is 0 Å². The second-order valence-corrected chi connectivity index (χ2v) is 3.70. The second-order valence-electron chi connectivity index (χ2n) is 3.70. The van der Waals surface area contributed by atoms with Gasteiger partial charge in [-0.1, -0.05) is 12.5 Å². The summed E-state index contributed by atoms with van der Waals surface area (Å²) in [6.07, 6.45) is 11.3. The van der Waals surface area contributed by atoms with Gasteiger partial charge in [-0.2, -0.15) is 0 Å². The Kier molecular flexibility index (Phi) is 2.67. The van der Waals surface area contributed by atoms with Gasteiger partial charge in [0, 0.05) is 25.8 Å². The van der Waals surface area contributed by atoms with E-state index in [9.17, 15) is 0 Å². The third kappa shape index (κ3) is 1.81. The molecule has 12 heavy (non-hydrogen) atoms. The van der Waals surface area contributed by atoms with Crippen molar-refractivity contribution in [2.45, 2.75) is 32.1 Å². The van der Waals surface area contributed by atoms with Crippen molar-refractivity contribution < 1.29 is 0 Å². The molecule has 0 aromatic heterocycles. The number of allylic oxidation sites excluding steroid dienone is 1. The molecular weight excluding hydrogens is 148 g/mol. The quantitative estimate of drug-likeness (QED) is 0.588. The summed E-state index contributed by atoms with van der Waals surface area (Å²) in [4.78, 5) is 0. The van der Waals surface area contributed by atoms with Crippen LogP contribution in [0.1, 0.15) is 32.1 Å². The van der Waals surface area contributed by atoms with Crippen LogP contribution in [0.15, 0.2) is 12.3 Å². The van der Waals surface area contributed by atoms with Gasteiger partial charge < -0.3 is 5.01 Å². The number of hydrogen-bond donors (Lipinski definition) is 0. The van der Waals surface area contributed by atoms with E-state index in [1.807, 2.05) is 0 Å². The van der Waals surface area contributed by atoms with E-state index in [-0.39, 0.29) is 0 Å². The van der Waals surface area contributed by atoms with E-state index >= 15 is 0 Å². The molecule has 2 aliphatic heterocycles. The fraction of sp³-hybridized carbons (Fsp3) is 0.800. The Morgan fingerprint density at radius 1 is 0.833 bits per heavy atom. The van der Waals surface area contributed by atoms with Crippen LogP contribution in [0.25, 0.3) is 0 Å². The molecule has 2 nitrogen and oxygen atoms in total. The van der Waals surface area contributed by atoms with Gasteiger partial charge in [-0.15, -0.1) is 0 Å². The van der Waals surface area contributed by atoms with E-state index in [1.165, 1.54) is 51.7 Å². The van der Waals surface area contributed by atoms with E-state index in [1.54, 1.807) is 0 Å². The topological polar surface area (TPSA) is 6.48 Å². The fourth-order valence-electron chi connectivity index (χ4n) is 2.01. The van der Waals surface area contributed by atoms with Gasteiger partial charge in [0.05, 0.1) is 0 Å². The Morgan fingerprint density at radius 3 is 2.33 bits per heavy atom. The van der Waals surface area contributed by atoms with Crippen LogP contribution in [0.5, 0.6) is 0 Å². The van der Waals surface area contributed by atoms with Gasteiger partial charge in [-0.3, -0.25) is 0 Å². The first-order chi connectivity index (χ1) is 5.97. The smallest absolute Gasteiger partial charge is 0.0343 e. The lowest BCUT2D eigenvalue weighted by Crippen LogP contribution is -2.43. The van der Waals surface area contributed by atoms with Crippen LogP contribution in [0.3, 0.4) is 0 Å². The first-order valence-corrected chi connectivity index (χ1v) is 5.15. The molecule has 0 unspecified atom stereocenters. The summed E-state index contributed by atoms with van der Waals surface area (Å²) in [5.41, 5.74) is 0. The molecule has 0 amide bonds. The standard InChI is InChI=1S/C10H18N2/c1-3-7-11(8-4-1)12-9-5-2-6-10-12/h3,7H,1-2,4-6,8-10H2. The molecule has 0 radical (unpaired) electrons. The van der Waals surface area contributed by atoms with Crippen LogP contribution >= 0.6 is 0 Å². The molecule has 1 fully saturated rings. The largest absolute Gasteiger partial charge is 0.313 e. The van der Waals surface area contributed by atoms with Crippen molar-refractivity contribution >= 4 is 0 Å². The van der Waals surface area contributed by atoms with Crippen molar-refractivity contribution in [1.82, 2.24) is 10.0 Å². The molecule has 0 aromatic rings. The van der Waals surface area contributed by atoms with E-state index in [4.69, 9.17) is 0 Å². The zero-order valence-corrected chi connectivity index (χ0v) is 7.71. The highest BCUT2D eigenvalue weighted by atomic mass is 15.6. The van der Waals surface area contributed by atoms with Crippen LogP contribution in [-0.2, 0) is 0 Å². The van der Waals surface area contributed by atoms with Crippen molar-refractivity contribution in [3.05, 3.63) is 12.3 Å². The van der Waals surface area contributed by atoms with Crippen LogP contribution in [0, 0.1) is 0 Å². The Hall–Kier alpha value is -0.500. The monoisotopic (exact) mass is 166 g/mol. The molecule has 0 aliphatic carbocycles. The molecule has 0 spiro atoms. The average Bonchev–Trinajstić information content (AvgIpc) is 2.21. The van der Waals surface area contributed by atoms with Gasteiger partial charge >= 0.3 is 0 Å². The average molecular weight is 166 g/mol. The minimum Gasteiger partial charge on any atom is -0.313 e. The maximum Gasteiger partial charge on any atom is 0.0343 e. The molecule has 2 heterocycles. The summed E-state index contributed by atoms with van der Waals surface area (Å²) in [7, 11) is 0. The van der Waals surface area contributed by atoms with Crippen molar-refractivity contribution in [1.29, 1.82) is 0 Å². The molecule has 0 N–H and O–H groups in total. The molecule has 2 rings (SSSR count). The first-order valence-electron chi connectivity index (χ1n) is 5.15. The van der Waals surface area contributed by atoms with Crippen molar-refractivity contribution in [3.8, 4) is 0 Å². The minimum atomic E-state index is 1.23. The van der Waals surface area contributed by atoms with Gasteiger partial charge in [0.15, 0.2) is 0 Å². The number of hydrazine groups is 1. The van der Waals surface area contributed by atoms with Crippen LogP contribution in [-0.4, -0.2) is 29.7 Å². The van der Waals surface area contributed by atoms with E-state index in [2.05, 4.69) is 22.3 Å². The second kappa shape index (κ2) is 3.94. The minimum absolute atomic E-state index is 1.23. The maximum absolute atomic E-state index is 2.50. The lowest BCUT2D eigenvalue weighted by Gasteiger charge is -2.38. The fourth-order valence-corrected chi connectivity index (χ4v) is 2.01. The molecule has 2 aliphatic rings. The van der Waals surface area contributed by atoms with Crippen LogP contribution in [0.4, 0.5) is 0 Å². The number of rotatable bonds is 1. The van der Waals surface area contributed by atoms with Gasteiger partial charge in [0.2, 0.25) is 0 Å². The highest BCUT2D eigenvalue weighted by Gasteiger charge is 2.15. The molecule has 68 valence electrons. The predicted octanol–water partition coefficient (Wildman–Crippen LogP) is 2.00. The van der Waals surface area contributed by atoms with Gasteiger partial charge in [-0.05, 0) is 25.7 Å². The van der Waals surface area contributed by atoms with Crippen LogP contribution < -0.4 is 0 Å². The van der Waals surface area contributed by atoms with Crippen LogP contribution in [0.2, 0.25) is 0 Å². The summed E-state index contributed by atoms with van der Waals surface area (Å²) >= 11 is 0. The molecule has 0 saturated carbocycles. The highest BCUT2D eigenvalue weighted by Crippen LogP contribution is 2.15. The zero-order valence-electron chi connectivity index (χ0n) is 7.71. The first kappa shape index (κ1) is 8.11. The lowest BCUT2D eigenvalue weighted by atomic mass is 10.1. The molecular formula is C10H18N2. The Balaban J connectivity index is 1.88. The third-order valence-electron chi connectivity index (χ3n) is 2.73. The maximum atomic E-state index is 2.50. The highest BCUT2D eigenvalue weighted by molar-refractivity contribution is 4.86. The summed E-state index contributed by atoms with van der Waals surface area (Å²) < 4.78 is 0. The number of hydrogen-bond acceptors (Lipinski definition) is 2. The summed E-state index contributed by atoms with van der Waals surface area (Å²) in [6.45, 7) is 3.77. The predicted molar refractivity (Wildman–Crippen MR) is 50.5 cm³/mol. The summed E-state index contributed by atoms with van der Waals surface area (Å²) in [5, 5.41) is 4.90. The lowest BCUT2D eigenvalue weighted by molar-refractivity contribution is -0.000340. The summed E-state index contributed by atoms with van der Waals surface area (Å²) in [6, 6.07) is 0. The Bertz CT molecular complexity index is 159. The Morgan fingerprint density at radius 2 is 1.67 bits per heavy atom. The SMILES string of the molecule is C1=CN(N2CCCCC2)CCC1.